The van der Waals surface area contributed by atoms with Crippen molar-refractivity contribution in [3.05, 3.63) is 30.1 Å². The van der Waals surface area contributed by atoms with Gasteiger partial charge in [-0.1, -0.05) is 32.6 Å². The average molecular weight is 287 g/mol. The van der Waals surface area contributed by atoms with Crippen LogP contribution >= 0.6 is 0 Å². The van der Waals surface area contributed by atoms with E-state index in [0.29, 0.717) is 12.2 Å². The van der Waals surface area contributed by atoms with Gasteiger partial charge in [-0.2, -0.15) is 0 Å². The smallest absolute Gasteiger partial charge is 0.338 e. The molecule has 1 aromatic heterocycles. The van der Waals surface area contributed by atoms with E-state index in [2.05, 4.69) is 23.7 Å². The van der Waals surface area contributed by atoms with E-state index >= 15 is 0 Å². The van der Waals surface area contributed by atoms with E-state index in [4.69, 9.17) is 4.74 Å². The molecule has 1 aromatic rings. The summed E-state index contributed by atoms with van der Waals surface area (Å²) in [7, 11) is 0. The van der Waals surface area contributed by atoms with Gasteiger partial charge in [-0.3, -0.25) is 4.98 Å². The molecule has 1 heterocycles. The number of hydrogen-bond acceptors (Lipinski definition) is 3. The summed E-state index contributed by atoms with van der Waals surface area (Å²) in [5.41, 5.74) is 0.568. The molecule has 114 valence electrons. The standard InChI is InChI=1S/C18H25NO2/c1-2-3-4-5-6-7-8-9-10-11-16-21-18(20)17-12-14-19-15-13-17/h12-15H,2,5-11,16H2,1H3. The first-order chi connectivity index (χ1) is 10.3. The minimum atomic E-state index is -0.258. The third-order valence-corrected chi connectivity index (χ3v) is 3.15. The molecule has 0 spiro atoms. The van der Waals surface area contributed by atoms with Crippen LogP contribution in [0.15, 0.2) is 24.5 Å². The van der Waals surface area contributed by atoms with Crippen molar-refractivity contribution in [3.63, 3.8) is 0 Å². The number of carbonyl (C=O) groups is 1. The van der Waals surface area contributed by atoms with Gasteiger partial charge < -0.3 is 4.74 Å². The molecule has 0 atom stereocenters. The second kappa shape index (κ2) is 12.0. The highest BCUT2D eigenvalue weighted by Gasteiger charge is 2.05. The van der Waals surface area contributed by atoms with Crippen LogP contribution in [0, 0.1) is 11.8 Å². The van der Waals surface area contributed by atoms with Crippen LogP contribution in [0.5, 0.6) is 0 Å². The van der Waals surface area contributed by atoms with Crippen molar-refractivity contribution in [2.24, 2.45) is 0 Å². The number of unbranched alkanes of at least 4 members (excludes halogenated alkanes) is 6. The zero-order valence-corrected chi connectivity index (χ0v) is 12.9. The maximum atomic E-state index is 11.6. The van der Waals surface area contributed by atoms with Crippen LogP contribution in [0.25, 0.3) is 0 Å². The normalized spacial score (nSPS) is 9.76. The van der Waals surface area contributed by atoms with Crippen molar-refractivity contribution >= 4 is 5.97 Å². The highest BCUT2D eigenvalue weighted by molar-refractivity contribution is 5.89. The van der Waals surface area contributed by atoms with Crippen LogP contribution in [-0.4, -0.2) is 17.6 Å². The van der Waals surface area contributed by atoms with Gasteiger partial charge in [0, 0.05) is 25.2 Å². The molecule has 0 saturated carbocycles. The quantitative estimate of drug-likeness (QED) is 0.384. The van der Waals surface area contributed by atoms with E-state index in [1.807, 2.05) is 0 Å². The fraction of sp³-hybridized carbons (Fsp3) is 0.556. The molecule has 0 radical (unpaired) electrons. The summed E-state index contributed by atoms with van der Waals surface area (Å²) in [6.07, 6.45) is 12.1. The topological polar surface area (TPSA) is 39.2 Å². The van der Waals surface area contributed by atoms with Crippen LogP contribution in [0.3, 0.4) is 0 Å². The van der Waals surface area contributed by atoms with Crippen molar-refractivity contribution in [3.8, 4) is 11.8 Å². The highest BCUT2D eigenvalue weighted by atomic mass is 16.5. The van der Waals surface area contributed by atoms with Crippen LogP contribution in [0.4, 0.5) is 0 Å². The van der Waals surface area contributed by atoms with Crippen molar-refractivity contribution in [1.82, 2.24) is 4.98 Å². The molecule has 0 unspecified atom stereocenters. The Kier molecular flexibility index (Phi) is 9.82. The molecule has 0 aliphatic carbocycles. The van der Waals surface area contributed by atoms with E-state index in [-0.39, 0.29) is 5.97 Å². The Morgan fingerprint density at radius 2 is 1.71 bits per heavy atom. The summed E-state index contributed by atoms with van der Waals surface area (Å²) in [5.74, 6) is 5.99. The molecule has 0 aliphatic rings. The lowest BCUT2D eigenvalue weighted by molar-refractivity contribution is 0.0497. The lowest BCUT2D eigenvalue weighted by atomic mass is 10.1. The van der Waals surface area contributed by atoms with E-state index in [0.717, 1.165) is 25.7 Å². The Hall–Kier alpha value is -1.82. The van der Waals surface area contributed by atoms with Gasteiger partial charge in [0.25, 0.3) is 0 Å². The molecule has 3 heteroatoms. The molecule has 3 nitrogen and oxygen atoms in total. The number of carbonyl (C=O) groups excluding carboxylic acids is 1. The maximum Gasteiger partial charge on any atom is 0.338 e. The first-order valence-electron chi connectivity index (χ1n) is 7.87. The predicted octanol–water partition coefficient (Wildman–Crippen LogP) is 4.38. The Bertz CT molecular complexity index is 445. The molecule has 0 fully saturated rings. The van der Waals surface area contributed by atoms with Crippen molar-refractivity contribution in [1.29, 1.82) is 0 Å². The van der Waals surface area contributed by atoms with E-state index in [1.54, 1.807) is 24.5 Å². The Balaban J connectivity index is 1.92. The summed E-state index contributed by atoms with van der Waals surface area (Å²) >= 11 is 0. The lowest BCUT2D eigenvalue weighted by Gasteiger charge is -2.04. The molecule has 0 aromatic carbocycles. The highest BCUT2D eigenvalue weighted by Crippen LogP contribution is 2.07. The summed E-state index contributed by atoms with van der Waals surface area (Å²) in [6, 6.07) is 3.34. The third kappa shape index (κ3) is 8.86. The summed E-state index contributed by atoms with van der Waals surface area (Å²) < 4.78 is 5.22. The maximum absolute atomic E-state index is 11.6. The van der Waals surface area contributed by atoms with Crippen LogP contribution in [0.2, 0.25) is 0 Å². The molecule has 21 heavy (non-hydrogen) atoms. The molecule has 1 rings (SSSR count). The number of pyridine rings is 1. The van der Waals surface area contributed by atoms with Crippen molar-refractivity contribution in [2.45, 2.75) is 58.3 Å². The number of nitrogens with zero attached hydrogens (tertiary/aromatic N) is 1. The minimum absolute atomic E-state index is 0.258. The van der Waals surface area contributed by atoms with Crippen molar-refractivity contribution in [2.75, 3.05) is 6.61 Å². The van der Waals surface area contributed by atoms with Gasteiger partial charge >= 0.3 is 5.97 Å². The zero-order valence-electron chi connectivity index (χ0n) is 12.9. The van der Waals surface area contributed by atoms with Gasteiger partial charge in [-0.15, -0.1) is 11.8 Å². The average Bonchev–Trinajstić information content (AvgIpc) is 2.53. The Morgan fingerprint density at radius 1 is 1.05 bits per heavy atom. The fourth-order valence-electron chi connectivity index (χ4n) is 1.97. The van der Waals surface area contributed by atoms with E-state index in [1.165, 1.54) is 25.7 Å². The van der Waals surface area contributed by atoms with Crippen molar-refractivity contribution < 1.29 is 9.53 Å². The summed E-state index contributed by atoms with van der Waals surface area (Å²) in [6.45, 7) is 2.58. The molecule has 0 saturated heterocycles. The number of ether oxygens (including phenoxy) is 1. The molecular weight excluding hydrogens is 262 g/mol. The predicted molar refractivity (Wildman–Crippen MR) is 84.9 cm³/mol. The molecular formula is C18H25NO2. The van der Waals surface area contributed by atoms with Gasteiger partial charge in [0.05, 0.1) is 12.2 Å². The first-order valence-corrected chi connectivity index (χ1v) is 7.87. The molecule has 0 bridgehead atoms. The van der Waals surface area contributed by atoms with Gasteiger partial charge in [0.2, 0.25) is 0 Å². The fourth-order valence-corrected chi connectivity index (χ4v) is 1.97. The SMILES string of the molecule is CCC#CCCCCCCCCOC(=O)c1ccncc1. The minimum Gasteiger partial charge on any atom is -0.462 e. The van der Waals surface area contributed by atoms with Gasteiger partial charge in [0.15, 0.2) is 0 Å². The largest absolute Gasteiger partial charge is 0.462 e. The third-order valence-electron chi connectivity index (χ3n) is 3.15. The van der Waals surface area contributed by atoms with E-state index in [9.17, 15) is 4.79 Å². The molecule has 0 aliphatic heterocycles. The molecule has 0 N–H and O–H groups in total. The van der Waals surface area contributed by atoms with Crippen LogP contribution in [0.1, 0.15) is 68.6 Å². The van der Waals surface area contributed by atoms with Gasteiger partial charge in [0.1, 0.15) is 0 Å². The molecule has 0 amide bonds. The number of rotatable bonds is 9. The number of esters is 1. The first kappa shape index (κ1) is 17.2. The number of hydrogen-bond donors (Lipinski definition) is 0. The second-order valence-electron chi connectivity index (χ2n) is 4.95. The number of aromatic nitrogens is 1. The van der Waals surface area contributed by atoms with Crippen LogP contribution < -0.4 is 0 Å². The second-order valence-corrected chi connectivity index (χ2v) is 4.95. The van der Waals surface area contributed by atoms with E-state index < -0.39 is 0 Å². The Labute approximate surface area is 128 Å². The van der Waals surface area contributed by atoms with Gasteiger partial charge in [-0.25, -0.2) is 4.79 Å². The summed E-state index contributed by atoms with van der Waals surface area (Å²) in [5, 5.41) is 0. The monoisotopic (exact) mass is 287 g/mol. The lowest BCUT2D eigenvalue weighted by Crippen LogP contribution is -2.06. The summed E-state index contributed by atoms with van der Waals surface area (Å²) in [4.78, 5) is 15.5. The zero-order chi connectivity index (χ0) is 15.2. The van der Waals surface area contributed by atoms with Crippen LogP contribution in [-0.2, 0) is 4.74 Å². The Morgan fingerprint density at radius 3 is 2.43 bits per heavy atom. The van der Waals surface area contributed by atoms with Gasteiger partial charge in [-0.05, 0) is 25.0 Å².